The molecule has 0 aliphatic heterocycles. The molecule has 2 rings (SSSR count). The molecule has 0 aliphatic rings. The summed E-state index contributed by atoms with van der Waals surface area (Å²) in [5, 5.41) is 11.0. The van der Waals surface area contributed by atoms with Crippen LogP contribution in [0.25, 0.3) is 0 Å². The molecule has 0 bridgehead atoms. The number of aryl methyl sites for hydroxylation is 2. The van der Waals surface area contributed by atoms with Gasteiger partial charge in [-0.1, -0.05) is 32.0 Å². The average molecular weight is 334 g/mol. The van der Waals surface area contributed by atoms with Crippen molar-refractivity contribution in [2.45, 2.75) is 31.6 Å². The summed E-state index contributed by atoms with van der Waals surface area (Å²) in [4.78, 5) is 10.7. The smallest absolute Gasteiger partial charge is 0.270 e. The minimum absolute atomic E-state index is 0.0265. The van der Waals surface area contributed by atoms with Crippen LogP contribution in [0.5, 0.6) is 0 Å². The van der Waals surface area contributed by atoms with Crippen LogP contribution in [0.3, 0.4) is 0 Å². The third-order valence-corrected chi connectivity index (χ3v) is 4.91. The minimum Gasteiger partial charge on any atom is -0.279 e. The van der Waals surface area contributed by atoms with E-state index in [1.807, 2.05) is 13.8 Å². The zero-order chi connectivity index (χ0) is 17.0. The SMILES string of the molecule is CCc1cc([N+](=O)[O-])cc(CC)c1NS(=O)(=O)c1ccccc1. The van der Waals surface area contributed by atoms with E-state index in [-0.39, 0.29) is 10.6 Å². The van der Waals surface area contributed by atoms with Gasteiger partial charge in [0.15, 0.2) is 0 Å². The van der Waals surface area contributed by atoms with Crippen LogP contribution in [-0.4, -0.2) is 13.3 Å². The molecule has 0 unspecified atom stereocenters. The van der Waals surface area contributed by atoms with Crippen molar-refractivity contribution in [2.75, 3.05) is 4.72 Å². The van der Waals surface area contributed by atoms with Gasteiger partial charge in [0, 0.05) is 12.1 Å². The molecule has 2 aromatic rings. The van der Waals surface area contributed by atoms with E-state index in [0.717, 1.165) is 0 Å². The molecule has 0 atom stereocenters. The number of hydrogen-bond donors (Lipinski definition) is 1. The number of nitro benzene ring substituents is 1. The van der Waals surface area contributed by atoms with E-state index in [4.69, 9.17) is 0 Å². The molecule has 23 heavy (non-hydrogen) atoms. The topological polar surface area (TPSA) is 89.3 Å². The lowest BCUT2D eigenvalue weighted by molar-refractivity contribution is -0.385. The van der Waals surface area contributed by atoms with E-state index < -0.39 is 14.9 Å². The molecule has 0 heterocycles. The number of sulfonamides is 1. The normalized spacial score (nSPS) is 11.2. The highest BCUT2D eigenvalue weighted by Gasteiger charge is 2.20. The average Bonchev–Trinajstić information content (AvgIpc) is 2.55. The number of nitrogens with one attached hydrogen (secondary N) is 1. The van der Waals surface area contributed by atoms with Crippen LogP contribution >= 0.6 is 0 Å². The Kier molecular flexibility index (Phi) is 5.00. The van der Waals surface area contributed by atoms with Gasteiger partial charge in [0.2, 0.25) is 0 Å². The first kappa shape index (κ1) is 17.0. The lowest BCUT2D eigenvalue weighted by atomic mass is 10.0. The summed E-state index contributed by atoms with van der Waals surface area (Å²) >= 11 is 0. The first-order valence-corrected chi connectivity index (χ1v) is 8.75. The molecule has 7 heteroatoms. The van der Waals surface area contributed by atoms with Crippen molar-refractivity contribution in [3.63, 3.8) is 0 Å². The molecule has 0 radical (unpaired) electrons. The van der Waals surface area contributed by atoms with Gasteiger partial charge in [-0.05, 0) is 36.1 Å². The van der Waals surface area contributed by atoms with Crippen molar-refractivity contribution in [1.82, 2.24) is 0 Å². The van der Waals surface area contributed by atoms with Gasteiger partial charge >= 0.3 is 0 Å². The van der Waals surface area contributed by atoms with Crippen molar-refractivity contribution in [3.8, 4) is 0 Å². The van der Waals surface area contributed by atoms with Crippen LogP contribution in [0.2, 0.25) is 0 Å². The highest BCUT2D eigenvalue weighted by atomic mass is 32.2. The second kappa shape index (κ2) is 6.78. The Morgan fingerprint density at radius 1 is 1.04 bits per heavy atom. The largest absolute Gasteiger partial charge is 0.279 e. The number of hydrogen-bond acceptors (Lipinski definition) is 4. The van der Waals surface area contributed by atoms with Crippen LogP contribution in [0, 0.1) is 10.1 Å². The van der Waals surface area contributed by atoms with E-state index >= 15 is 0 Å². The fraction of sp³-hybridized carbons (Fsp3) is 0.250. The molecule has 6 nitrogen and oxygen atoms in total. The molecule has 0 spiro atoms. The summed E-state index contributed by atoms with van der Waals surface area (Å²) in [6, 6.07) is 10.9. The van der Waals surface area contributed by atoms with Gasteiger partial charge in [-0.3, -0.25) is 14.8 Å². The van der Waals surface area contributed by atoms with Gasteiger partial charge in [-0.15, -0.1) is 0 Å². The predicted molar refractivity (Wildman–Crippen MR) is 89.1 cm³/mol. The Morgan fingerprint density at radius 3 is 2.00 bits per heavy atom. The summed E-state index contributed by atoms with van der Waals surface area (Å²) in [5.74, 6) is 0. The zero-order valence-electron chi connectivity index (χ0n) is 12.9. The molecule has 0 aliphatic carbocycles. The Balaban J connectivity index is 2.53. The Labute approximate surface area is 135 Å². The number of nitrogens with zero attached hydrogens (tertiary/aromatic N) is 1. The van der Waals surface area contributed by atoms with Gasteiger partial charge in [-0.25, -0.2) is 8.42 Å². The first-order chi connectivity index (χ1) is 10.9. The Hall–Kier alpha value is -2.41. The third-order valence-electron chi connectivity index (χ3n) is 3.55. The Morgan fingerprint density at radius 2 is 1.57 bits per heavy atom. The van der Waals surface area contributed by atoms with Gasteiger partial charge in [-0.2, -0.15) is 0 Å². The number of rotatable bonds is 6. The second-order valence-electron chi connectivity index (χ2n) is 5.02. The van der Waals surface area contributed by atoms with Crippen molar-refractivity contribution in [2.24, 2.45) is 0 Å². The molecular formula is C16H18N2O4S. The molecule has 0 amide bonds. The quantitative estimate of drug-likeness (QED) is 0.646. The van der Waals surface area contributed by atoms with Crippen molar-refractivity contribution < 1.29 is 13.3 Å². The molecule has 0 fully saturated rings. The van der Waals surface area contributed by atoms with Crippen LogP contribution in [-0.2, 0) is 22.9 Å². The summed E-state index contributed by atoms with van der Waals surface area (Å²) < 4.78 is 27.6. The fourth-order valence-corrected chi connectivity index (χ4v) is 3.50. The summed E-state index contributed by atoms with van der Waals surface area (Å²) in [7, 11) is -3.73. The van der Waals surface area contributed by atoms with Crippen molar-refractivity contribution in [3.05, 3.63) is 63.7 Å². The predicted octanol–water partition coefficient (Wildman–Crippen LogP) is 3.52. The van der Waals surface area contributed by atoms with Gasteiger partial charge in [0.25, 0.3) is 15.7 Å². The molecule has 2 aromatic carbocycles. The standard InChI is InChI=1S/C16H18N2O4S/c1-3-12-10-14(18(19)20)11-13(4-2)16(12)17-23(21,22)15-8-6-5-7-9-15/h5-11,17H,3-4H2,1-2H3. The molecular weight excluding hydrogens is 316 g/mol. The maximum Gasteiger partial charge on any atom is 0.270 e. The fourth-order valence-electron chi connectivity index (χ4n) is 2.34. The minimum atomic E-state index is -3.73. The monoisotopic (exact) mass is 334 g/mol. The van der Waals surface area contributed by atoms with Crippen LogP contribution in [0.1, 0.15) is 25.0 Å². The van der Waals surface area contributed by atoms with E-state index in [1.165, 1.54) is 24.3 Å². The molecule has 0 saturated carbocycles. The Bertz CT molecular complexity index is 792. The summed E-state index contributed by atoms with van der Waals surface area (Å²) in [6.45, 7) is 3.66. The number of non-ortho nitro benzene ring substituents is 1. The van der Waals surface area contributed by atoms with Crippen molar-refractivity contribution >= 4 is 21.4 Å². The maximum absolute atomic E-state index is 12.5. The van der Waals surface area contributed by atoms with E-state index in [0.29, 0.717) is 29.7 Å². The van der Waals surface area contributed by atoms with Crippen LogP contribution < -0.4 is 4.72 Å². The molecule has 1 N–H and O–H groups in total. The highest BCUT2D eigenvalue weighted by molar-refractivity contribution is 7.92. The van der Waals surface area contributed by atoms with Gasteiger partial charge in [0.05, 0.1) is 15.5 Å². The van der Waals surface area contributed by atoms with E-state index in [2.05, 4.69) is 4.72 Å². The van der Waals surface area contributed by atoms with E-state index in [1.54, 1.807) is 18.2 Å². The number of nitro groups is 1. The highest BCUT2D eigenvalue weighted by Crippen LogP contribution is 2.30. The summed E-state index contributed by atoms with van der Waals surface area (Å²) in [6.07, 6.45) is 0.975. The van der Waals surface area contributed by atoms with E-state index in [9.17, 15) is 18.5 Å². The molecule has 122 valence electrons. The first-order valence-electron chi connectivity index (χ1n) is 7.27. The maximum atomic E-state index is 12.5. The molecule has 0 saturated heterocycles. The van der Waals surface area contributed by atoms with Crippen LogP contribution in [0.15, 0.2) is 47.4 Å². The lowest BCUT2D eigenvalue weighted by Gasteiger charge is -2.15. The molecule has 0 aromatic heterocycles. The zero-order valence-corrected chi connectivity index (χ0v) is 13.8. The second-order valence-corrected chi connectivity index (χ2v) is 6.70. The van der Waals surface area contributed by atoms with Crippen molar-refractivity contribution in [1.29, 1.82) is 0 Å². The lowest BCUT2D eigenvalue weighted by Crippen LogP contribution is -2.16. The van der Waals surface area contributed by atoms with Crippen LogP contribution in [0.4, 0.5) is 11.4 Å². The van der Waals surface area contributed by atoms with Gasteiger partial charge < -0.3 is 0 Å². The number of benzene rings is 2. The summed E-state index contributed by atoms with van der Waals surface area (Å²) in [5.41, 5.74) is 1.62. The third kappa shape index (κ3) is 3.68. The van der Waals surface area contributed by atoms with Gasteiger partial charge in [0.1, 0.15) is 0 Å². The number of anilines is 1.